The molecule has 1 aliphatic heterocycles. The van der Waals surface area contributed by atoms with Crippen molar-refractivity contribution in [3.8, 4) is 5.75 Å². The van der Waals surface area contributed by atoms with Crippen molar-refractivity contribution in [2.75, 3.05) is 13.1 Å². The van der Waals surface area contributed by atoms with Crippen LogP contribution in [-0.4, -0.2) is 34.9 Å². The smallest absolute Gasteiger partial charge is 0.317 e. The number of aromatic hydroxyl groups is 1. The molecule has 1 aromatic carbocycles. The number of carbonyl (C=O) groups is 2. The fraction of sp³-hybridized carbons (Fsp3) is 0.429. The fourth-order valence-electron chi connectivity index (χ4n) is 3.64. The first kappa shape index (κ1) is 19.0. The highest BCUT2D eigenvalue weighted by atomic mass is 16.3. The maximum atomic E-state index is 12.6. The molecule has 6 nitrogen and oxygen atoms in total. The number of hydrogen-bond acceptors (Lipinski definition) is 4. The van der Waals surface area contributed by atoms with Gasteiger partial charge in [0.15, 0.2) is 5.78 Å². The molecule has 3 rings (SSSR count). The van der Waals surface area contributed by atoms with Crippen LogP contribution in [-0.2, 0) is 0 Å². The van der Waals surface area contributed by atoms with E-state index in [1.165, 1.54) is 12.1 Å². The third-order valence-electron chi connectivity index (χ3n) is 5.19. The molecular weight excluding hydrogens is 344 g/mol. The fourth-order valence-corrected chi connectivity index (χ4v) is 3.64. The molecule has 1 aromatic heterocycles. The molecule has 0 aliphatic carbocycles. The van der Waals surface area contributed by atoms with E-state index in [1.807, 2.05) is 26.8 Å². The number of nitrogens with one attached hydrogen (secondary N) is 1. The van der Waals surface area contributed by atoms with Gasteiger partial charge < -0.3 is 19.7 Å². The topological polar surface area (TPSA) is 82.8 Å². The van der Waals surface area contributed by atoms with Gasteiger partial charge in [-0.25, -0.2) is 4.79 Å². The first-order valence-corrected chi connectivity index (χ1v) is 9.30. The third kappa shape index (κ3) is 4.32. The Morgan fingerprint density at radius 2 is 1.81 bits per heavy atom. The lowest BCUT2D eigenvalue weighted by Gasteiger charge is -2.32. The molecule has 2 aromatic rings. The van der Waals surface area contributed by atoms with E-state index in [9.17, 15) is 14.7 Å². The van der Waals surface area contributed by atoms with Crippen LogP contribution in [0.25, 0.3) is 0 Å². The Labute approximate surface area is 159 Å². The molecule has 2 N–H and O–H groups in total. The van der Waals surface area contributed by atoms with Gasteiger partial charge in [0.1, 0.15) is 17.3 Å². The largest absolute Gasteiger partial charge is 0.508 e. The lowest BCUT2D eigenvalue weighted by atomic mass is 9.89. The van der Waals surface area contributed by atoms with Gasteiger partial charge in [-0.3, -0.25) is 4.79 Å². The summed E-state index contributed by atoms with van der Waals surface area (Å²) in [5.41, 5.74) is 1.59. The zero-order valence-corrected chi connectivity index (χ0v) is 16.0. The van der Waals surface area contributed by atoms with Gasteiger partial charge in [-0.05, 0) is 63.9 Å². The van der Waals surface area contributed by atoms with Crippen LogP contribution < -0.4 is 5.32 Å². The Balaban J connectivity index is 1.54. The number of Topliss-reactive ketones (excluding diaryl/α,β-unsaturated/α-hetero) is 1. The van der Waals surface area contributed by atoms with Gasteiger partial charge in [0.25, 0.3) is 0 Å². The number of hydrogen-bond donors (Lipinski definition) is 2. The second-order valence-corrected chi connectivity index (χ2v) is 7.21. The van der Waals surface area contributed by atoms with Gasteiger partial charge in [-0.1, -0.05) is 0 Å². The maximum Gasteiger partial charge on any atom is 0.317 e. The average molecular weight is 370 g/mol. The van der Waals surface area contributed by atoms with Crippen molar-refractivity contribution in [2.45, 2.75) is 39.7 Å². The predicted octanol–water partition coefficient (Wildman–Crippen LogP) is 3.97. The number of benzene rings is 1. The Morgan fingerprint density at radius 1 is 1.19 bits per heavy atom. The summed E-state index contributed by atoms with van der Waals surface area (Å²) < 4.78 is 5.53. The molecule has 0 spiro atoms. The third-order valence-corrected chi connectivity index (χ3v) is 5.19. The molecule has 2 amide bonds. The van der Waals surface area contributed by atoms with Gasteiger partial charge in [0, 0.05) is 30.1 Å². The predicted molar refractivity (Wildman–Crippen MR) is 102 cm³/mol. The van der Waals surface area contributed by atoms with Gasteiger partial charge in [-0.2, -0.15) is 0 Å². The standard InChI is InChI=1S/C21H26N2O4/c1-13-12-19(15(3)27-13)14(2)22-21(26)23-10-8-17(9-11-23)20(25)16-4-6-18(24)7-5-16/h4-7,12,14,17,24H,8-11H2,1-3H3,(H,22,26)/t14-/m0/s1. The number of likely N-dealkylation sites (tertiary alicyclic amines) is 1. The summed E-state index contributed by atoms with van der Waals surface area (Å²) in [6.45, 7) is 6.83. The average Bonchev–Trinajstić information content (AvgIpc) is 3.00. The van der Waals surface area contributed by atoms with Gasteiger partial charge in [0.2, 0.25) is 0 Å². The summed E-state index contributed by atoms with van der Waals surface area (Å²) in [5, 5.41) is 12.4. The minimum absolute atomic E-state index is 0.0768. The van der Waals surface area contributed by atoms with Crippen LogP contribution in [0, 0.1) is 19.8 Å². The summed E-state index contributed by atoms with van der Waals surface area (Å²) >= 11 is 0. The highest BCUT2D eigenvalue weighted by molar-refractivity contribution is 5.98. The second kappa shape index (κ2) is 7.86. The van der Waals surface area contributed by atoms with Crippen LogP contribution in [0.1, 0.15) is 53.2 Å². The van der Waals surface area contributed by atoms with E-state index in [-0.39, 0.29) is 29.5 Å². The number of ketones is 1. The number of amides is 2. The number of nitrogens with zero attached hydrogens (tertiary/aromatic N) is 1. The molecule has 0 unspecified atom stereocenters. The quantitative estimate of drug-likeness (QED) is 0.798. The van der Waals surface area contributed by atoms with Crippen LogP contribution in [0.15, 0.2) is 34.7 Å². The number of urea groups is 1. The summed E-state index contributed by atoms with van der Waals surface area (Å²) in [6.07, 6.45) is 1.29. The van der Waals surface area contributed by atoms with E-state index in [0.29, 0.717) is 31.5 Å². The van der Waals surface area contributed by atoms with Crippen molar-refractivity contribution in [3.63, 3.8) is 0 Å². The SMILES string of the molecule is Cc1cc([C@H](C)NC(=O)N2CCC(C(=O)c3ccc(O)cc3)CC2)c(C)o1. The lowest BCUT2D eigenvalue weighted by Crippen LogP contribution is -2.46. The summed E-state index contributed by atoms with van der Waals surface area (Å²) in [6, 6.07) is 8.04. The number of furan rings is 1. The van der Waals surface area contributed by atoms with Crippen LogP contribution in [0.2, 0.25) is 0 Å². The normalized spacial score (nSPS) is 16.2. The molecule has 0 radical (unpaired) electrons. The molecule has 2 heterocycles. The minimum Gasteiger partial charge on any atom is -0.508 e. The molecule has 1 saturated heterocycles. The van der Waals surface area contributed by atoms with Crippen LogP contribution >= 0.6 is 0 Å². The Morgan fingerprint density at radius 3 is 2.37 bits per heavy atom. The van der Waals surface area contributed by atoms with E-state index in [2.05, 4.69) is 5.32 Å². The number of phenolic OH excluding ortho intramolecular Hbond substituents is 1. The number of piperidine rings is 1. The molecule has 1 aliphatic rings. The van der Waals surface area contributed by atoms with Crippen molar-refractivity contribution in [1.29, 1.82) is 0 Å². The molecule has 144 valence electrons. The molecule has 6 heteroatoms. The van der Waals surface area contributed by atoms with Crippen LogP contribution in [0.5, 0.6) is 5.75 Å². The second-order valence-electron chi connectivity index (χ2n) is 7.21. The van der Waals surface area contributed by atoms with Gasteiger partial charge in [-0.15, -0.1) is 0 Å². The zero-order valence-electron chi connectivity index (χ0n) is 16.0. The highest BCUT2D eigenvalue weighted by Crippen LogP contribution is 2.24. The van der Waals surface area contributed by atoms with Crippen molar-refractivity contribution in [3.05, 3.63) is 53.0 Å². The van der Waals surface area contributed by atoms with E-state index < -0.39 is 0 Å². The van der Waals surface area contributed by atoms with E-state index in [4.69, 9.17) is 4.42 Å². The van der Waals surface area contributed by atoms with E-state index in [1.54, 1.807) is 17.0 Å². The Bertz CT molecular complexity index is 817. The zero-order chi connectivity index (χ0) is 19.6. The molecule has 1 fully saturated rings. The van der Waals surface area contributed by atoms with Gasteiger partial charge in [0.05, 0.1) is 6.04 Å². The molecule has 0 saturated carbocycles. The molecule has 27 heavy (non-hydrogen) atoms. The Hall–Kier alpha value is -2.76. The number of phenols is 1. The molecule has 1 atom stereocenters. The number of rotatable bonds is 4. The van der Waals surface area contributed by atoms with Crippen molar-refractivity contribution in [2.24, 2.45) is 5.92 Å². The van der Waals surface area contributed by atoms with Gasteiger partial charge >= 0.3 is 6.03 Å². The minimum atomic E-state index is -0.133. The monoisotopic (exact) mass is 370 g/mol. The summed E-state index contributed by atoms with van der Waals surface area (Å²) in [5.74, 6) is 1.79. The molecule has 0 bridgehead atoms. The summed E-state index contributed by atoms with van der Waals surface area (Å²) in [7, 11) is 0. The molecular formula is C21H26N2O4. The number of aryl methyl sites for hydroxylation is 2. The number of carbonyl (C=O) groups excluding carboxylic acids is 2. The summed E-state index contributed by atoms with van der Waals surface area (Å²) in [4.78, 5) is 26.9. The Kier molecular flexibility index (Phi) is 5.54. The van der Waals surface area contributed by atoms with E-state index >= 15 is 0 Å². The maximum absolute atomic E-state index is 12.6. The van der Waals surface area contributed by atoms with E-state index in [0.717, 1.165) is 17.1 Å². The first-order chi connectivity index (χ1) is 12.8. The lowest BCUT2D eigenvalue weighted by molar-refractivity contribution is 0.0853. The van der Waals surface area contributed by atoms with Crippen LogP contribution in [0.3, 0.4) is 0 Å². The van der Waals surface area contributed by atoms with Crippen molar-refractivity contribution in [1.82, 2.24) is 10.2 Å². The first-order valence-electron chi connectivity index (χ1n) is 9.30. The van der Waals surface area contributed by atoms with Crippen molar-refractivity contribution >= 4 is 11.8 Å². The van der Waals surface area contributed by atoms with Crippen LogP contribution in [0.4, 0.5) is 4.79 Å². The highest BCUT2D eigenvalue weighted by Gasteiger charge is 2.28. The van der Waals surface area contributed by atoms with Crippen molar-refractivity contribution < 1.29 is 19.1 Å².